The molecule has 0 fully saturated rings. The first-order valence-corrected chi connectivity index (χ1v) is 7.43. The molecule has 0 radical (unpaired) electrons. The van der Waals surface area contributed by atoms with Crippen molar-refractivity contribution in [2.24, 2.45) is 17.3 Å². The molecule has 0 saturated carbocycles. The molecule has 0 bridgehead atoms. The Bertz CT molecular complexity index is 212. The molecule has 0 aromatic carbocycles. The van der Waals surface area contributed by atoms with Gasteiger partial charge in [0, 0.05) is 0 Å². The van der Waals surface area contributed by atoms with Gasteiger partial charge < -0.3 is 0 Å². The number of alkyl halides is 1. The summed E-state index contributed by atoms with van der Waals surface area (Å²) >= 11 is 0. The Hall–Kier alpha value is -0.0700. The number of rotatable bonds is 8. The van der Waals surface area contributed by atoms with E-state index in [4.69, 9.17) is 0 Å². The highest BCUT2D eigenvalue weighted by molar-refractivity contribution is 4.91. The van der Waals surface area contributed by atoms with Crippen LogP contribution >= 0.6 is 0 Å². The molecule has 0 aliphatic carbocycles. The lowest BCUT2D eigenvalue weighted by Gasteiger charge is -2.41. The fourth-order valence-electron chi connectivity index (χ4n) is 2.91. The lowest BCUT2D eigenvalue weighted by molar-refractivity contribution is 0.00419. The summed E-state index contributed by atoms with van der Waals surface area (Å²) in [5, 5.41) is 0. The summed E-state index contributed by atoms with van der Waals surface area (Å²) in [4.78, 5) is 0. The Morgan fingerprint density at radius 2 is 1.53 bits per heavy atom. The number of hydrogen-bond acceptors (Lipinski definition) is 0. The van der Waals surface area contributed by atoms with E-state index in [9.17, 15) is 0 Å². The van der Waals surface area contributed by atoms with Crippen LogP contribution in [0.15, 0.2) is 0 Å². The quantitative estimate of drug-likeness (QED) is 0.491. The third-order valence-electron chi connectivity index (χ3n) is 4.83. The van der Waals surface area contributed by atoms with E-state index in [1.165, 1.54) is 0 Å². The first-order valence-electron chi connectivity index (χ1n) is 7.43. The van der Waals surface area contributed by atoms with Crippen LogP contribution in [0.1, 0.15) is 80.6 Å². The van der Waals surface area contributed by atoms with Crippen LogP contribution < -0.4 is 0 Å². The van der Waals surface area contributed by atoms with Gasteiger partial charge in [-0.3, -0.25) is 0 Å². The molecule has 0 aromatic rings. The molecular weight excluding hydrogens is 211 g/mol. The maximum Gasteiger partial charge on any atom is 0.114 e. The van der Waals surface area contributed by atoms with Crippen molar-refractivity contribution in [1.82, 2.24) is 0 Å². The molecule has 0 nitrogen and oxygen atoms in total. The highest BCUT2D eigenvalue weighted by Gasteiger charge is 2.41. The first-order chi connectivity index (χ1) is 7.74. The molecule has 17 heavy (non-hydrogen) atoms. The maximum atomic E-state index is 15.2. The standard InChI is InChI=1S/C16H33F/c1-8-11-15(7,9-2)12-16(17,10-3)14(6)13(4)5/h13-14H,8-12H2,1-7H3. The highest BCUT2D eigenvalue weighted by Crippen LogP contribution is 2.44. The predicted octanol–water partition coefficient (Wildman–Crippen LogP) is 6.00. The van der Waals surface area contributed by atoms with Crippen LogP contribution in [-0.4, -0.2) is 5.67 Å². The summed E-state index contributed by atoms with van der Waals surface area (Å²) in [6, 6.07) is 0. The Balaban J connectivity index is 4.87. The minimum Gasteiger partial charge on any atom is -0.244 e. The van der Waals surface area contributed by atoms with Gasteiger partial charge in [-0.05, 0) is 36.5 Å². The van der Waals surface area contributed by atoms with Gasteiger partial charge in [0.1, 0.15) is 5.67 Å². The lowest BCUT2D eigenvalue weighted by Crippen LogP contribution is -2.39. The first kappa shape index (κ1) is 16.9. The zero-order valence-electron chi connectivity index (χ0n) is 13.1. The van der Waals surface area contributed by atoms with Crippen LogP contribution in [-0.2, 0) is 0 Å². The van der Waals surface area contributed by atoms with Crippen molar-refractivity contribution in [3.63, 3.8) is 0 Å². The molecule has 0 spiro atoms. The van der Waals surface area contributed by atoms with Crippen molar-refractivity contribution in [3.8, 4) is 0 Å². The van der Waals surface area contributed by atoms with Crippen molar-refractivity contribution in [2.75, 3.05) is 0 Å². The van der Waals surface area contributed by atoms with Gasteiger partial charge >= 0.3 is 0 Å². The number of halogens is 1. The Labute approximate surface area is 108 Å². The fourth-order valence-corrected chi connectivity index (χ4v) is 2.91. The molecule has 3 atom stereocenters. The Morgan fingerprint density at radius 1 is 1.00 bits per heavy atom. The SMILES string of the molecule is CCCC(C)(CC)CC(F)(CC)C(C)C(C)C. The van der Waals surface area contributed by atoms with E-state index in [1.54, 1.807) is 0 Å². The zero-order valence-corrected chi connectivity index (χ0v) is 13.1. The maximum absolute atomic E-state index is 15.2. The average Bonchev–Trinajstić information content (AvgIpc) is 2.28. The fraction of sp³-hybridized carbons (Fsp3) is 1.00. The topological polar surface area (TPSA) is 0 Å². The zero-order chi connectivity index (χ0) is 13.7. The summed E-state index contributed by atoms with van der Waals surface area (Å²) in [6.45, 7) is 15.0. The van der Waals surface area contributed by atoms with Gasteiger partial charge in [0.25, 0.3) is 0 Å². The lowest BCUT2D eigenvalue weighted by atomic mass is 9.68. The van der Waals surface area contributed by atoms with Crippen molar-refractivity contribution in [1.29, 1.82) is 0 Å². The van der Waals surface area contributed by atoms with Gasteiger partial charge in [0.2, 0.25) is 0 Å². The smallest absolute Gasteiger partial charge is 0.114 e. The normalized spacial score (nSPS) is 21.0. The van der Waals surface area contributed by atoms with Gasteiger partial charge in [-0.15, -0.1) is 0 Å². The molecule has 0 aromatic heterocycles. The second-order valence-electron chi connectivity index (χ2n) is 6.51. The molecule has 0 aliphatic heterocycles. The van der Waals surface area contributed by atoms with E-state index in [-0.39, 0.29) is 11.3 Å². The molecule has 1 heteroatoms. The molecule has 0 N–H and O–H groups in total. The van der Waals surface area contributed by atoms with E-state index in [0.29, 0.717) is 12.3 Å². The van der Waals surface area contributed by atoms with Crippen molar-refractivity contribution in [3.05, 3.63) is 0 Å². The van der Waals surface area contributed by atoms with Crippen molar-refractivity contribution >= 4 is 0 Å². The van der Waals surface area contributed by atoms with Gasteiger partial charge in [-0.1, -0.05) is 61.3 Å². The molecule has 104 valence electrons. The van der Waals surface area contributed by atoms with Gasteiger partial charge in [0.05, 0.1) is 0 Å². The average molecular weight is 244 g/mol. The van der Waals surface area contributed by atoms with E-state index in [0.717, 1.165) is 25.7 Å². The van der Waals surface area contributed by atoms with Gasteiger partial charge in [-0.2, -0.15) is 0 Å². The summed E-state index contributed by atoms with van der Waals surface area (Å²) in [7, 11) is 0. The summed E-state index contributed by atoms with van der Waals surface area (Å²) in [6.07, 6.45) is 4.74. The molecule has 0 aliphatic rings. The third-order valence-corrected chi connectivity index (χ3v) is 4.83. The van der Waals surface area contributed by atoms with Gasteiger partial charge in [-0.25, -0.2) is 4.39 Å². The highest BCUT2D eigenvalue weighted by atomic mass is 19.1. The summed E-state index contributed by atoms with van der Waals surface area (Å²) < 4.78 is 15.2. The Kier molecular flexibility index (Phi) is 6.73. The molecule has 0 amide bonds. The van der Waals surface area contributed by atoms with Crippen LogP contribution in [0.5, 0.6) is 0 Å². The van der Waals surface area contributed by atoms with Crippen molar-refractivity contribution < 1.29 is 4.39 Å². The molecule has 0 saturated heterocycles. The third kappa shape index (κ3) is 4.60. The van der Waals surface area contributed by atoms with Crippen LogP contribution in [0.4, 0.5) is 4.39 Å². The molecule has 3 unspecified atom stereocenters. The predicted molar refractivity (Wildman–Crippen MR) is 76.1 cm³/mol. The van der Waals surface area contributed by atoms with E-state index in [1.807, 2.05) is 6.92 Å². The van der Waals surface area contributed by atoms with Gasteiger partial charge in [0.15, 0.2) is 0 Å². The number of hydrogen-bond donors (Lipinski definition) is 0. The second-order valence-corrected chi connectivity index (χ2v) is 6.51. The molecule has 0 heterocycles. The van der Waals surface area contributed by atoms with Crippen LogP contribution in [0.3, 0.4) is 0 Å². The monoisotopic (exact) mass is 244 g/mol. The minimum atomic E-state index is -0.992. The van der Waals surface area contributed by atoms with E-state index in [2.05, 4.69) is 41.5 Å². The second kappa shape index (κ2) is 6.75. The van der Waals surface area contributed by atoms with Crippen LogP contribution in [0.2, 0.25) is 0 Å². The largest absolute Gasteiger partial charge is 0.244 e. The van der Waals surface area contributed by atoms with E-state index < -0.39 is 5.67 Å². The summed E-state index contributed by atoms with van der Waals surface area (Å²) in [5.74, 6) is 0.568. The van der Waals surface area contributed by atoms with Crippen LogP contribution in [0.25, 0.3) is 0 Å². The summed E-state index contributed by atoms with van der Waals surface area (Å²) in [5.41, 5.74) is -0.823. The minimum absolute atomic E-state index is 0.148. The molecule has 0 rings (SSSR count). The van der Waals surface area contributed by atoms with Crippen LogP contribution in [0, 0.1) is 17.3 Å². The molecular formula is C16H33F. The van der Waals surface area contributed by atoms with Crippen molar-refractivity contribution in [2.45, 2.75) is 86.2 Å². The Morgan fingerprint density at radius 3 is 1.82 bits per heavy atom. The van der Waals surface area contributed by atoms with E-state index >= 15 is 4.39 Å².